The first kappa shape index (κ1) is 25.0. The average molecular weight is 530 g/mol. The van der Waals surface area contributed by atoms with Crippen molar-refractivity contribution in [2.45, 2.75) is 77.6 Å². The molecule has 0 saturated heterocycles. The molecule has 0 atom stereocenters. The van der Waals surface area contributed by atoms with Crippen LogP contribution in [0, 0.1) is 0 Å². The molecule has 0 aromatic heterocycles. The molecule has 0 radical (unpaired) electrons. The number of halogens is 2. The average Bonchev–Trinajstić information content (AvgIpc) is 3.02. The van der Waals surface area contributed by atoms with Crippen LogP contribution in [0.2, 0.25) is 0 Å². The maximum atomic E-state index is 2.53. The summed E-state index contributed by atoms with van der Waals surface area (Å²) in [4.78, 5) is 0. The van der Waals surface area contributed by atoms with E-state index < -0.39 is 0 Å². The summed E-state index contributed by atoms with van der Waals surface area (Å²) >= 11 is 1.62. The van der Waals surface area contributed by atoms with Crippen molar-refractivity contribution in [3.8, 4) is 11.1 Å². The second-order valence-electron chi connectivity index (χ2n) is 11.2. The quantitative estimate of drug-likeness (QED) is 0.528. The smallest absolute Gasteiger partial charge is 1.00 e. The van der Waals surface area contributed by atoms with E-state index in [4.69, 9.17) is 0 Å². The second-order valence-corrected chi connectivity index (χ2v) is 12.7. The molecule has 0 bridgehead atoms. The molecule has 2 aromatic rings. The standard InChI is InChI=1S/C28H31.2ClH.Zr/c1-27(2,3)18-9-13-21-22-14-10-19(28(4,5)6)16-25(22)26(24(21)15-18)23-12-8-17-7-11-20(17)23;;;/h9-10,13-16,26H,7,11-12H2,1-6H3;2*1H;/q;;;+2/p-2. The van der Waals surface area contributed by atoms with Gasteiger partial charge in [0, 0.05) is 0 Å². The van der Waals surface area contributed by atoms with Crippen LogP contribution in [0.1, 0.15) is 89.0 Å². The summed E-state index contributed by atoms with van der Waals surface area (Å²) in [6.45, 7) is 14.0. The minimum Gasteiger partial charge on any atom is -1.00 e. The maximum Gasteiger partial charge on any atom is -1.00 e. The van der Waals surface area contributed by atoms with Crippen molar-refractivity contribution in [1.82, 2.24) is 0 Å². The fourth-order valence-electron chi connectivity index (χ4n) is 5.31. The Morgan fingerprint density at radius 2 is 1.16 bits per heavy atom. The Labute approximate surface area is 215 Å². The molecule has 5 rings (SSSR count). The van der Waals surface area contributed by atoms with Crippen LogP contribution in [-0.2, 0) is 35.5 Å². The molecule has 3 aliphatic rings. The summed E-state index contributed by atoms with van der Waals surface area (Å²) in [5, 5.41) is 0. The van der Waals surface area contributed by atoms with Crippen LogP contribution in [0.5, 0.6) is 0 Å². The number of rotatable bonds is 1. The minimum atomic E-state index is 0. The van der Waals surface area contributed by atoms with Crippen LogP contribution in [0.25, 0.3) is 11.1 Å². The molecule has 31 heavy (non-hydrogen) atoms. The van der Waals surface area contributed by atoms with E-state index in [1.165, 1.54) is 41.5 Å². The summed E-state index contributed by atoms with van der Waals surface area (Å²) in [7, 11) is 0. The Bertz CT molecular complexity index is 1040. The van der Waals surface area contributed by atoms with Crippen LogP contribution < -0.4 is 24.8 Å². The Balaban J connectivity index is 0.00000136. The van der Waals surface area contributed by atoms with Gasteiger partial charge in [0.15, 0.2) is 0 Å². The summed E-state index contributed by atoms with van der Waals surface area (Å²) in [5.74, 6) is 0.452. The third-order valence-electron chi connectivity index (χ3n) is 7.20. The zero-order chi connectivity index (χ0) is 20.7. The van der Waals surface area contributed by atoms with Gasteiger partial charge in [-0.2, -0.15) is 0 Å². The molecule has 0 amide bonds. The van der Waals surface area contributed by atoms with E-state index in [9.17, 15) is 0 Å². The second kappa shape index (κ2) is 8.31. The Hall–Kier alpha value is -0.617. The third-order valence-corrected chi connectivity index (χ3v) is 8.38. The largest absolute Gasteiger partial charge is 1.00 e. The molecule has 0 heterocycles. The fraction of sp³-hybridized carbons (Fsp3) is 0.429. The van der Waals surface area contributed by atoms with Crippen molar-refractivity contribution in [3.63, 3.8) is 0 Å². The Kier molecular flexibility index (Phi) is 6.70. The number of benzene rings is 2. The first-order valence-electron chi connectivity index (χ1n) is 11.0. The molecule has 2 aromatic carbocycles. The van der Waals surface area contributed by atoms with Crippen molar-refractivity contribution in [2.24, 2.45) is 0 Å². The molecule has 3 aliphatic carbocycles. The molecule has 161 valence electrons. The maximum absolute atomic E-state index is 2.53. The van der Waals surface area contributed by atoms with Gasteiger partial charge in [0.05, 0.1) is 0 Å². The van der Waals surface area contributed by atoms with Gasteiger partial charge in [-0.1, -0.05) is 0 Å². The fourth-order valence-corrected chi connectivity index (χ4v) is 6.46. The summed E-state index contributed by atoms with van der Waals surface area (Å²) in [5.41, 5.74) is 14.4. The van der Waals surface area contributed by atoms with E-state index in [-0.39, 0.29) is 35.6 Å². The predicted molar refractivity (Wildman–Crippen MR) is 119 cm³/mol. The minimum absolute atomic E-state index is 0. The van der Waals surface area contributed by atoms with Crippen LogP contribution in [-0.4, -0.2) is 0 Å². The van der Waals surface area contributed by atoms with Crippen LogP contribution in [0.3, 0.4) is 0 Å². The number of fused-ring (bicyclic) bond motifs is 4. The van der Waals surface area contributed by atoms with E-state index in [1.807, 2.05) is 0 Å². The van der Waals surface area contributed by atoms with Gasteiger partial charge in [0.2, 0.25) is 0 Å². The molecule has 1 saturated carbocycles. The van der Waals surface area contributed by atoms with Crippen molar-refractivity contribution >= 4 is 0 Å². The number of hydrogen-bond acceptors (Lipinski definition) is 0. The first-order valence-corrected chi connectivity index (χ1v) is 12.2. The molecule has 0 unspecified atom stereocenters. The Morgan fingerprint density at radius 1 is 0.710 bits per heavy atom. The number of hydrogen-bond donors (Lipinski definition) is 0. The van der Waals surface area contributed by atoms with Gasteiger partial charge in [-0.15, -0.1) is 0 Å². The topological polar surface area (TPSA) is 0 Å². The normalized spacial score (nSPS) is 17.5. The van der Waals surface area contributed by atoms with Gasteiger partial charge in [0.1, 0.15) is 0 Å². The molecule has 0 N–H and O–H groups in total. The molecular weight excluding hydrogens is 498 g/mol. The van der Waals surface area contributed by atoms with E-state index in [2.05, 4.69) is 77.9 Å². The zero-order valence-electron chi connectivity index (χ0n) is 19.4. The molecule has 0 aliphatic heterocycles. The van der Waals surface area contributed by atoms with Gasteiger partial charge < -0.3 is 24.8 Å². The molecule has 0 nitrogen and oxygen atoms in total. The van der Waals surface area contributed by atoms with E-state index >= 15 is 0 Å². The van der Waals surface area contributed by atoms with Gasteiger partial charge in [-0.25, -0.2) is 0 Å². The van der Waals surface area contributed by atoms with Crippen LogP contribution in [0.15, 0.2) is 56.4 Å². The molecule has 1 fully saturated rings. The zero-order valence-corrected chi connectivity index (χ0v) is 23.4. The summed E-state index contributed by atoms with van der Waals surface area (Å²) in [6.07, 6.45) is 3.82. The molecule has 0 spiro atoms. The van der Waals surface area contributed by atoms with Crippen LogP contribution >= 0.6 is 0 Å². The monoisotopic (exact) mass is 527 g/mol. The third kappa shape index (κ3) is 3.98. The molecule has 3 heteroatoms. The van der Waals surface area contributed by atoms with Gasteiger partial charge in [-0.05, 0) is 0 Å². The molecular formula is C28H31Cl2Zr. The summed E-state index contributed by atoms with van der Waals surface area (Å²) < 4.78 is 1.71. The van der Waals surface area contributed by atoms with Gasteiger partial charge in [0.25, 0.3) is 0 Å². The SMILES string of the molecule is CC(C)(C)c1ccc2c(c1)C(C1=C3CCC3=[C]([Zr+2])C1)c1cc(C(C)(C)C)ccc1-2.[Cl-].[Cl-]. The summed E-state index contributed by atoms with van der Waals surface area (Å²) in [6, 6.07) is 14.6. The van der Waals surface area contributed by atoms with Crippen molar-refractivity contribution in [3.05, 3.63) is 78.7 Å². The predicted octanol–water partition coefficient (Wildman–Crippen LogP) is 1.70. The van der Waals surface area contributed by atoms with E-state index in [0.717, 1.165) is 0 Å². The van der Waals surface area contributed by atoms with Gasteiger partial charge >= 0.3 is 192 Å². The number of allylic oxidation sites excluding steroid dienone is 4. The van der Waals surface area contributed by atoms with E-state index in [1.54, 1.807) is 55.8 Å². The van der Waals surface area contributed by atoms with Gasteiger partial charge in [-0.3, -0.25) is 0 Å². The van der Waals surface area contributed by atoms with Crippen LogP contribution in [0.4, 0.5) is 0 Å². The van der Waals surface area contributed by atoms with Crippen molar-refractivity contribution < 1.29 is 49.5 Å². The van der Waals surface area contributed by atoms with E-state index in [0.29, 0.717) is 5.92 Å². The van der Waals surface area contributed by atoms with Crippen molar-refractivity contribution in [2.75, 3.05) is 0 Å². The van der Waals surface area contributed by atoms with Crippen molar-refractivity contribution in [1.29, 1.82) is 0 Å². The Morgan fingerprint density at radius 3 is 1.52 bits per heavy atom. The first-order chi connectivity index (χ1) is 13.6.